The summed E-state index contributed by atoms with van der Waals surface area (Å²) < 4.78 is 5.75. The Morgan fingerprint density at radius 2 is 2.00 bits per heavy atom. The van der Waals surface area contributed by atoms with E-state index in [0.717, 1.165) is 25.1 Å². The van der Waals surface area contributed by atoms with Crippen LogP contribution in [0.25, 0.3) is 0 Å². The zero-order chi connectivity index (χ0) is 10.5. The Labute approximate surface area is 93.8 Å². The third-order valence-corrected chi connectivity index (χ3v) is 3.97. The maximum atomic E-state index is 5.75. The van der Waals surface area contributed by atoms with E-state index in [2.05, 4.69) is 12.2 Å². The molecule has 1 aliphatic heterocycles. The second-order valence-electron chi connectivity index (χ2n) is 5.08. The molecule has 1 saturated carbocycles. The van der Waals surface area contributed by atoms with Crippen molar-refractivity contribution in [1.82, 2.24) is 5.32 Å². The SMILES string of the molecule is CCNC1CCCCC1CC1CCCO1. The van der Waals surface area contributed by atoms with Gasteiger partial charge in [-0.25, -0.2) is 0 Å². The Morgan fingerprint density at radius 3 is 2.73 bits per heavy atom. The molecule has 0 aromatic rings. The quantitative estimate of drug-likeness (QED) is 0.772. The first-order valence-corrected chi connectivity index (χ1v) is 6.75. The summed E-state index contributed by atoms with van der Waals surface area (Å²) in [6, 6.07) is 0.771. The van der Waals surface area contributed by atoms with Crippen LogP contribution in [-0.4, -0.2) is 25.3 Å². The summed E-state index contributed by atoms with van der Waals surface area (Å²) in [6.45, 7) is 4.34. The molecule has 15 heavy (non-hydrogen) atoms. The third kappa shape index (κ3) is 3.18. The van der Waals surface area contributed by atoms with Gasteiger partial charge in [-0.3, -0.25) is 0 Å². The zero-order valence-corrected chi connectivity index (χ0v) is 10.0. The minimum absolute atomic E-state index is 0.578. The van der Waals surface area contributed by atoms with Gasteiger partial charge in [0.2, 0.25) is 0 Å². The van der Waals surface area contributed by atoms with E-state index in [1.54, 1.807) is 0 Å². The van der Waals surface area contributed by atoms with Crippen molar-refractivity contribution in [2.24, 2.45) is 5.92 Å². The number of rotatable bonds is 4. The Balaban J connectivity index is 1.80. The van der Waals surface area contributed by atoms with Gasteiger partial charge in [-0.05, 0) is 44.6 Å². The van der Waals surface area contributed by atoms with E-state index in [0.29, 0.717) is 6.10 Å². The highest BCUT2D eigenvalue weighted by molar-refractivity contribution is 4.83. The van der Waals surface area contributed by atoms with Gasteiger partial charge in [-0.1, -0.05) is 19.8 Å². The van der Waals surface area contributed by atoms with E-state index < -0.39 is 0 Å². The van der Waals surface area contributed by atoms with E-state index in [1.807, 2.05) is 0 Å². The molecule has 3 atom stereocenters. The molecule has 1 saturated heterocycles. The fourth-order valence-electron chi connectivity index (χ4n) is 3.19. The van der Waals surface area contributed by atoms with Crippen molar-refractivity contribution in [1.29, 1.82) is 0 Å². The lowest BCUT2D eigenvalue weighted by Crippen LogP contribution is -2.39. The summed E-state index contributed by atoms with van der Waals surface area (Å²) >= 11 is 0. The van der Waals surface area contributed by atoms with Crippen molar-refractivity contribution in [3.8, 4) is 0 Å². The Bertz CT molecular complexity index is 175. The van der Waals surface area contributed by atoms with Crippen LogP contribution in [0.3, 0.4) is 0 Å². The van der Waals surface area contributed by atoms with Crippen LogP contribution in [0.2, 0.25) is 0 Å². The van der Waals surface area contributed by atoms with Crippen molar-refractivity contribution in [2.45, 2.75) is 64.0 Å². The van der Waals surface area contributed by atoms with Crippen LogP contribution in [0, 0.1) is 5.92 Å². The van der Waals surface area contributed by atoms with Gasteiger partial charge in [0.25, 0.3) is 0 Å². The highest BCUT2D eigenvalue weighted by atomic mass is 16.5. The van der Waals surface area contributed by atoms with Gasteiger partial charge in [-0.15, -0.1) is 0 Å². The first kappa shape index (κ1) is 11.4. The van der Waals surface area contributed by atoms with E-state index in [1.165, 1.54) is 44.9 Å². The highest BCUT2D eigenvalue weighted by Gasteiger charge is 2.28. The molecule has 2 aliphatic rings. The van der Waals surface area contributed by atoms with Gasteiger partial charge in [0.05, 0.1) is 6.10 Å². The second kappa shape index (κ2) is 5.86. The van der Waals surface area contributed by atoms with E-state index in [4.69, 9.17) is 4.74 Å². The van der Waals surface area contributed by atoms with Crippen molar-refractivity contribution in [2.75, 3.05) is 13.2 Å². The number of nitrogens with one attached hydrogen (secondary N) is 1. The van der Waals surface area contributed by atoms with E-state index >= 15 is 0 Å². The Hall–Kier alpha value is -0.0800. The van der Waals surface area contributed by atoms with Gasteiger partial charge in [0.15, 0.2) is 0 Å². The average molecular weight is 211 g/mol. The lowest BCUT2D eigenvalue weighted by Gasteiger charge is -2.33. The predicted octanol–water partition coefficient (Wildman–Crippen LogP) is 2.72. The van der Waals surface area contributed by atoms with Crippen molar-refractivity contribution >= 4 is 0 Å². The third-order valence-electron chi connectivity index (χ3n) is 3.97. The molecule has 0 aromatic carbocycles. The molecule has 0 aromatic heterocycles. The molecule has 2 fully saturated rings. The number of hydrogen-bond donors (Lipinski definition) is 1. The number of ether oxygens (including phenoxy) is 1. The lowest BCUT2D eigenvalue weighted by atomic mass is 9.81. The van der Waals surface area contributed by atoms with Crippen LogP contribution in [0.1, 0.15) is 51.9 Å². The Kier molecular flexibility index (Phi) is 4.45. The van der Waals surface area contributed by atoms with Gasteiger partial charge in [-0.2, -0.15) is 0 Å². The van der Waals surface area contributed by atoms with Crippen LogP contribution >= 0.6 is 0 Å². The fraction of sp³-hybridized carbons (Fsp3) is 1.00. The molecule has 3 unspecified atom stereocenters. The second-order valence-corrected chi connectivity index (χ2v) is 5.08. The molecule has 0 spiro atoms. The van der Waals surface area contributed by atoms with Crippen molar-refractivity contribution < 1.29 is 4.74 Å². The molecule has 88 valence electrons. The summed E-state index contributed by atoms with van der Waals surface area (Å²) in [6.07, 6.45) is 10.1. The van der Waals surface area contributed by atoms with Crippen LogP contribution in [0.4, 0.5) is 0 Å². The molecule has 1 heterocycles. The van der Waals surface area contributed by atoms with E-state index in [-0.39, 0.29) is 0 Å². The van der Waals surface area contributed by atoms with Gasteiger partial charge < -0.3 is 10.1 Å². The molecular weight excluding hydrogens is 186 g/mol. The molecule has 2 heteroatoms. The maximum Gasteiger partial charge on any atom is 0.0579 e. The molecule has 0 bridgehead atoms. The molecule has 2 nitrogen and oxygen atoms in total. The van der Waals surface area contributed by atoms with Crippen molar-refractivity contribution in [3.63, 3.8) is 0 Å². The topological polar surface area (TPSA) is 21.3 Å². The summed E-state index contributed by atoms with van der Waals surface area (Å²) in [5.74, 6) is 0.877. The first-order valence-electron chi connectivity index (χ1n) is 6.75. The van der Waals surface area contributed by atoms with Crippen LogP contribution in [0.15, 0.2) is 0 Å². The molecule has 0 amide bonds. The molecular formula is C13H25NO. The minimum Gasteiger partial charge on any atom is -0.378 e. The van der Waals surface area contributed by atoms with E-state index in [9.17, 15) is 0 Å². The monoisotopic (exact) mass is 211 g/mol. The molecule has 1 aliphatic carbocycles. The van der Waals surface area contributed by atoms with Gasteiger partial charge in [0.1, 0.15) is 0 Å². The van der Waals surface area contributed by atoms with Crippen LogP contribution < -0.4 is 5.32 Å². The number of hydrogen-bond acceptors (Lipinski definition) is 2. The molecule has 0 radical (unpaired) electrons. The molecule has 1 N–H and O–H groups in total. The summed E-state index contributed by atoms with van der Waals surface area (Å²) in [5, 5.41) is 3.65. The fourth-order valence-corrected chi connectivity index (χ4v) is 3.19. The van der Waals surface area contributed by atoms with Gasteiger partial charge >= 0.3 is 0 Å². The largest absolute Gasteiger partial charge is 0.378 e. The standard InChI is InChI=1S/C13H25NO/c1-2-14-13-8-4-3-6-11(13)10-12-7-5-9-15-12/h11-14H,2-10H2,1H3. The summed E-state index contributed by atoms with van der Waals surface area (Å²) in [5.41, 5.74) is 0. The maximum absolute atomic E-state index is 5.75. The summed E-state index contributed by atoms with van der Waals surface area (Å²) in [7, 11) is 0. The van der Waals surface area contributed by atoms with Crippen LogP contribution in [-0.2, 0) is 4.74 Å². The first-order chi connectivity index (χ1) is 7.40. The van der Waals surface area contributed by atoms with Crippen molar-refractivity contribution in [3.05, 3.63) is 0 Å². The molecule has 2 rings (SSSR count). The highest BCUT2D eigenvalue weighted by Crippen LogP contribution is 2.31. The zero-order valence-electron chi connectivity index (χ0n) is 10.0. The normalized spacial score (nSPS) is 37.0. The van der Waals surface area contributed by atoms with Crippen LogP contribution in [0.5, 0.6) is 0 Å². The Morgan fingerprint density at radius 1 is 1.13 bits per heavy atom. The predicted molar refractivity (Wildman–Crippen MR) is 63.0 cm³/mol. The smallest absolute Gasteiger partial charge is 0.0579 e. The van der Waals surface area contributed by atoms with Gasteiger partial charge in [0, 0.05) is 12.6 Å². The lowest BCUT2D eigenvalue weighted by molar-refractivity contribution is 0.0751. The minimum atomic E-state index is 0.578. The average Bonchev–Trinajstić information content (AvgIpc) is 2.74. The summed E-state index contributed by atoms with van der Waals surface area (Å²) in [4.78, 5) is 0.